The van der Waals surface area contributed by atoms with Crippen LogP contribution in [0.4, 0.5) is 0 Å². The molecular weight excluding hydrogens is 208 g/mol. The number of hydrogen-bond acceptors (Lipinski definition) is 2. The van der Waals surface area contributed by atoms with Gasteiger partial charge < -0.3 is 5.32 Å². The minimum atomic E-state index is 0.418. The van der Waals surface area contributed by atoms with Crippen molar-refractivity contribution < 1.29 is 0 Å². The molecule has 1 aliphatic rings. The van der Waals surface area contributed by atoms with Crippen molar-refractivity contribution in [1.29, 1.82) is 0 Å². The summed E-state index contributed by atoms with van der Waals surface area (Å²) < 4.78 is 0. The molecule has 0 amide bonds. The molecule has 0 spiro atoms. The molecule has 0 aromatic carbocycles. The van der Waals surface area contributed by atoms with Gasteiger partial charge in [0.2, 0.25) is 0 Å². The van der Waals surface area contributed by atoms with Crippen molar-refractivity contribution in [2.24, 2.45) is 17.8 Å². The highest BCUT2D eigenvalue weighted by Crippen LogP contribution is 2.39. The first-order valence-corrected chi connectivity index (χ1v) is 6.79. The Morgan fingerprint density at radius 3 is 2.41 bits per heavy atom. The zero-order valence-electron chi connectivity index (χ0n) is 11.2. The van der Waals surface area contributed by atoms with Crippen LogP contribution in [0.1, 0.15) is 44.8 Å². The lowest BCUT2D eigenvalue weighted by Gasteiger charge is -2.36. The van der Waals surface area contributed by atoms with E-state index in [1.165, 1.54) is 25.0 Å². The predicted molar refractivity (Wildman–Crippen MR) is 71.7 cm³/mol. The van der Waals surface area contributed by atoms with Crippen molar-refractivity contribution in [3.63, 3.8) is 0 Å². The highest BCUT2D eigenvalue weighted by atomic mass is 14.9. The molecule has 2 nitrogen and oxygen atoms in total. The molecule has 0 aliphatic heterocycles. The first-order valence-electron chi connectivity index (χ1n) is 6.79. The summed E-state index contributed by atoms with van der Waals surface area (Å²) in [5.41, 5.74) is 1.20. The number of nitrogens with one attached hydrogen (secondary N) is 1. The first-order chi connectivity index (χ1) is 8.20. The molecule has 0 bridgehead atoms. The Morgan fingerprint density at radius 1 is 1.18 bits per heavy atom. The summed E-state index contributed by atoms with van der Waals surface area (Å²) in [6, 6.07) is 6.64. The lowest BCUT2D eigenvalue weighted by atomic mass is 9.73. The minimum Gasteiger partial charge on any atom is -0.311 e. The Hall–Kier alpha value is -0.890. The third kappa shape index (κ3) is 3.06. The van der Waals surface area contributed by atoms with Gasteiger partial charge in [-0.3, -0.25) is 4.98 Å². The maximum absolute atomic E-state index is 4.51. The van der Waals surface area contributed by atoms with Gasteiger partial charge in [-0.25, -0.2) is 0 Å². The van der Waals surface area contributed by atoms with Crippen molar-refractivity contribution in [3.8, 4) is 0 Å². The van der Waals surface area contributed by atoms with Crippen LogP contribution in [0.2, 0.25) is 0 Å². The third-order valence-corrected chi connectivity index (χ3v) is 4.00. The second kappa shape index (κ2) is 5.63. The molecule has 1 saturated carbocycles. The summed E-state index contributed by atoms with van der Waals surface area (Å²) in [6.45, 7) is 4.77. The molecule has 1 fully saturated rings. The van der Waals surface area contributed by atoms with E-state index in [1.807, 2.05) is 12.3 Å². The van der Waals surface area contributed by atoms with Crippen molar-refractivity contribution in [1.82, 2.24) is 10.3 Å². The topological polar surface area (TPSA) is 24.9 Å². The van der Waals surface area contributed by atoms with Crippen LogP contribution in [-0.2, 0) is 0 Å². The van der Waals surface area contributed by atoms with Gasteiger partial charge in [0.05, 0.1) is 11.7 Å². The van der Waals surface area contributed by atoms with Crippen LogP contribution in [0.25, 0.3) is 0 Å². The fraction of sp³-hybridized carbons (Fsp3) is 0.667. The second-order valence-electron chi connectivity index (χ2n) is 5.70. The molecule has 0 saturated heterocycles. The molecule has 1 aromatic heterocycles. The number of pyridine rings is 1. The van der Waals surface area contributed by atoms with Gasteiger partial charge in [0.25, 0.3) is 0 Å². The van der Waals surface area contributed by atoms with E-state index in [2.05, 4.69) is 43.3 Å². The maximum atomic E-state index is 4.51. The minimum absolute atomic E-state index is 0.418. The Kier molecular flexibility index (Phi) is 4.16. The van der Waals surface area contributed by atoms with E-state index in [1.54, 1.807) is 0 Å². The van der Waals surface area contributed by atoms with Gasteiger partial charge in [0.15, 0.2) is 0 Å². The molecule has 3 unspecified atom stereocenters. The van der Waals surface area contributed by atoms with E-state index in [9.17, 15) is 0 Å². The van der Waals surface area contributed by atoms with Gasteiger partial charge in [0.1, 0.15) is 0 Å². The quantitative estimate of drug-likeness (QED) is 0.864. The zero-order chi connectivity index (χ0) is 12.3. The van der Waals surface area contributed by atoms with Crippen LogP contribution in [-0.4, -0.2) is 12.0 Å². The molecule has 94 valence electrons. The predicted octanol–water partition coefficient (Wildman–Crippen LogP) is 3.41. The fourth-order valence-corrected chi connectivity index (χ4v) is 3.47. The maximum Gasteiger partial charge on any atom is 0.0575 e. The Labute approximate surface area is 105 Å². The molecule has 0 radical (unpaired) electrons. The highest BCUT2D eigenvalue weighted by molar-refractivity contribution is 5.10. The van der Waals surface area contributed by atoms with Crippen LogP contribution in [0.3, 0.4) is 0 Å². The van der Waals surface area contributed by atoms with E-state index in [-0.39, 0.29) is 0 Å². The van der Waals surface area contributed by atoms with Crippen molar-refractivity contribution in [2.75, 3.05) is 7.05 Å². The third-order valence-electron chi connectivity index (χ3n) is 4.00. The second-order valence-corrected chi connectivity index (χ2v) is 5.70. The van der Waals surface area contributed by atoms with Crippen LogP contribution < -0.4 is 5.32 Å². The van der Waals surface area contributed by atoms with Gasteiger partial charge in [0, 0.05) is 6.20 Å². The summed E-state index contributed by atoms with van der Waals surface area (Å²) >= 11 is 0. The zero-order valence-corrected chi connectivity index (χ0v) is 11.2. The molecule has 1 heterocycles. The monoisotopic (exact) mass is 232 g/mol. The standard InChI is InChI=1S/C15H24N2/c1-11-8-12(2)10-13(9-11)15(16-3)14-6-4-5-7-17-14/h4-7,11-13,15-16H,8-10H2,1-3H3. The van der Waals surface area contributed by atoms with Crippen LogP contribution in [0.5, 0.6) is 0 Å². The van der Waals surface area contributed by atoms with E-state index >= 15 is 0 Å². The Balaban J connectivity index is 2.13. The number of rotatable bonds is 3. The highest BCUT2D eigenvalue weighted by Gasteiger charge is 2.30. The molecule has 1 N–H and O–H groups in total. The van der Waals surface area contributed by atoms with E-state index in [0.717, 1.165) is 17.8 Å². The van der Waals surface area contributed by atoms with Crippen LogP contribution in [0.15, 0.2) is 24.4 Å². The molecule has 1 aromatic rings. The van der Waals surface area contributed by atoms with Gasteiger partial charge in [-0.1, -0.05) is 19.9 Å². The largest absolute Gasteiger partial charge is 0.311 e. The van der Waals surface area contributed by atoms with Gasteiger partial charge >= 0.3 is 0 Å². The lowest BCUT2D eigenvalue weighted by Crippen LogP contribution is -2.31. The van der Waals surface area contributed by atoms with Gasteiger partial charge in [-0.05, 0) is 56.2 Å². The Bertz CT molecular complexity index is 326. The SMILES string of the molecule is CNC(c1ccccn1)C1CC(C)CC(C)C1. The summed E-state index contributed by atoms with van der Waals surface area (Å²) in [7, 11) is 2.06. The number of nitrogens with zero attached hydrogens (tertiary/aromatic N) is 1. The van der Waals surface area contributed by atoms with E-state index < -0.39 is 0 Å². The van der Waals surface area contributed by atoms with Gasteiger partial charge in [-0.15, -0.1) is 0 Å². The lowest BCUT2D eigenvalue weighted by molar-refractivity contribution is 0.179. The summed E-state index contributed by atoms with van der Waals surface area (Å²) in [4.78, 5) is 4.51. The van der Waals surface area contributed by atoms with Crippen LogP contribution in [0, 0.1) is 17.8 Å². The smallest absolute Gasteiger partial charge is 0.0575 e. The van der Waals surface area contributed by atoms with Crippen molar-refractivity contribution in [2.45, 2.75) is 39.2 Å². The number of aromatic nitrogens is 1. The first kappa shape index (κ1) is 12.6. The number of hydrogen-bond donors (Lipinski definition) is 1. The van der Waals surface area contributed by atoms with Crippen LogP contribution >= 0.6 is 0 Å². The van der Waals surface area contributed by atoms with Crippen molar-refractivity contribution in [3.05, 3.63) is 30.1 Å². The van der Waals surface area contributed by atoms with E-state index in [4.69, 9.17) is 0 Å². The molecule has 2 heteroatoms. The summed E-state index contributed by atoms with van der Waals surface area (Å²) in [6.07, 6.45) is 5.93. The van der Waals surface area contributed by atoms with Crippen molar-refractivity contribution >= 4 is 0 Å². The molecule has 1 aliphatic carbocycles. The van der Waals surface area contributed by atoms with E-state index in [0.29, 0.717) is 6.04 Å². The molecule has 17 heavy (non-hydrogen) atoms. The molecule has 2 rings (SSSR count). The fourth-order valence-electron chi connectivity index (χ4n) is 3.47. The average Bonchev–Trinajstić information content (AvgIpc) is 2.30. The summed E-state index contributed by atoms with van der Waals surface area (Å²) in [5, 5.41) is 3.47. The van der Waals surface area contributed by atoms with Gasteiger partial charge in [-0.2, -0.15) is 0 Å². The Morgan fingerprint density at radius 2 is 1.88 bits per heavy atom. The normalized spacial score (nSPS) is 31.1. The average molecular weight is 232 g/mol. The summed E-state index contributed by atoms with van der Waals surface area (Å²) in [5.74, 6) is 2.43. The molecule has 3 atom stereocenters. The molecular formula is C15H24N2.